The van der Waals surface area contributed by atoms with Gasteiger partial charge < -0.3 is 5.11 Å². The third kappa shape index (κ3) is 3.19. The van der Waals surface area contributed by atoms with Crippen LogP contribution in [0.2, 0.25) is 0 Å². The maximum absolute atomic E-state index is 11.7. The maximum Gasteiger partial charge on any atom is 0.310 e. The molecular formula is C17H31NO2. The number of rotatable bonds is 5. The molecule has 3 nitrogen and oxygen atoms in total. The van der Waals surface area contributed by atoms with Crippen LogP contribution in [0.4, 0.5) is 0 Å². The van der Waals surface area contributed by atoms with E-state index in [1.807, 2.05) is 0 Å². The summed E-state index contributed by atoms with van der Waals surface area (Å²) in [5, 5.41) is 9.62. The molecular weight excluding hydrogens is 250 g/mol. The first-order chi connectivity index (χ1) is 9.48. The van der Waals surface area contributed by atoms with Crippen molar-refractivity contribution < 1.29 is 9.90 Å². The second-order valence-corrected chi connectivity index (χ2v) is 7.38. The third-order valence-corrected chi connectivity index (χ3v) is 5.71. The second kappa shape index (κ2) is 6.46. The Labute approximate surface area is 123 Å². The Morgan fingerprint density at radius 1 is 1.40 bits per heavy atom. The minimum absolute atomic E-state index is 0.459. The van der Waals surface area contributed by atoms with Gasteiger partial charge in [-0.25, -0.2) is 0 Å². The molecule has 0 aromatic rings. The number of likely N-dealkylation sites (tertiary alicyclic amines) is 1. The fourth-order valence-corrected chi connectivity index (χ4v) is 4.32. The number of carboxylic acid groups (broad SMARTS) is 1. The minimum Gasteiger partial charge on any atom is -0.481 e. The monoisotopic (exact) mass is 281 g/mol. The summed E-state index contributed by atoms with van der Waals surface area (Å²) in [7, 11) is 0. The van der Waals surface area contributed by atoms with Gasteiger partial charge >= 0.3 is 5.97 Å². The molecule has 0 aromatic heterocycles. The van der Waals surface area contributed by atoms with E-state index in [9.17, 15) is 9.90 Å². The summed E-state index contributed by atoms with van der Waals surface area (Å²) in [6.45, 7) is 8.53. The standard InChI is InChI=1S/C17H31NO2/c1-4-8-17(16(19)20)9-10-18(12-17)15-7-5-6-14(11-15)13(2)3/h13-15H,4-12H2,1-3H3,(H,19,20). The van der Waals surface area contributed by atoms with Gasteiger partial charge in [-0.2, -0.15) is 0 Å². The molecule has 1 N–H and O–H groups in total. The lowest BCUT2D eigenvalue weighted by molar-refractivity contribution is -0.148. The zero-order chi connectivity index (χ0) is 14.8. The minimum atomic E-state index is -0.571. The molecule has 1 heterocycles. The van der Waals surface area contributed by atoms with Gasteiger partial charge in [0, 0.05) is 12.6 Å². The number of aliphatic carboxylic acids is 1. The zero-order valence-corrected chi connectivity index (χ0v) is 13.4. The normalized spacial score (nSPS) is 35.6. The molecule has 2 aliphatic rings. The van der Waals surface area contributed by atoms with Crippen LogP contribution in [0.3, 0.4) is 0 Å². The molecule has 20 heavy (non-hydrogen) atoms. The number of hydrogen-bond acceptors (Lipinski definition) is 2. The van der Waals surface area contributed by atoms with Crippen LogP contribution in [-0.2, 0) is 4.79 Å². The van der Waals surface area contributed by atoms with Crippen LogP contribution in [0.5, 0.6) is 0 Å². The number of carboxylic acids is 1. The molecule has 1 saturated carbocycles. The maximum atomic E-state index is 11.7. The summed E-state index contributed by atoms with van der Waals surface area (Å²) in [6, 6.07) is 0.634. The molecule has 0 aromatic carbocycles. The van der Waals surface area contributed by atoms with Gasteiger partial charge in [-0.3, -0.25) is 9.69 Å². The van der Waals surface area contributed by atoms with E-state index in [1.165, 1.54) is 25.7 Å². The van der Waals surface area contributed by atoms with Crippen LogP contribution in [-0.4, -0.2) is 35.1 Å². The van der Waals surface area contributed by atoms with E-state index in [-0.39, 0.29) is 0 Å². The molecule has 116 valence electrons. The SMILES string of the molecule is CCCC1(C(=O)O)CCN(C2CCCC(C(C)C)C2)C1. The van der Waals surface area contributed by atoms with Gasteiger partial charge in [-0.15, -0.1) is 0 Å². The van der Waals surface area contributed by atoms with E-state index in [4.69, 9.17) is 0 Å². The molecule has 0 bridgehead atoms. The first-order valence-electron chi connectivity index (χ1n) is 8.46. The van der Waals surface area contributed by atoms with E-state index in [0.717, 1.165) is 44.2 Å². The fraction of sp³-hybridized carbons (Fsp3) is 0.941. The van der Waals surface area contributed by atoms with Crippen LogP contribution in [0.15, 0.2) is 0 Å². The van der Waals surface area contributed by atoms with Gasteiger partial charge in [0.25, 0.3) is 0 Å². The Morgan fingerprint density at radius 2 is 2.15 bits per heavy atom. The molecule has 1 aliphatic carbocycles. The van der Waals surface area contributed by atoms with Crippen molar-refractivity contribution >= 4 is 5.97 Å². The van der Waals surface area contributed by atoms with Crippen molar-refractivity contribution in [2.24, 2.45) is 17.3 Å². The molecule has 3 heteroatoms. The predicted octanol–water partition coefficient (Wildman–Crippen LogP) is 3.78. The fourth-order valence-electron chi connectivity index (χ4n) is 4.32. The molecule has 0 amide bonds. The van der Waals surface area contributed by atoms with Gasteiger partial charge in [-0.05, 0) is 44.1 Å². The highest BCUT2D eigenvalue weighted by Gasteiger charge is 2.46. The summed E-state index contributed by atoms with van der Waals surface area (Å²) < 4.78 is 0. The highest BCUT2D eigenvalue weighted by molar-refractivity contribution is 5.75. The van der Waals surface area contributed by atoms with Gasteiger partial charge in [0.05, 0.1) is 5.41 Å². The smallest absolute Gasteiger partial charge is 0.310 e. The Kier molecular flexibility index (Phi) is 5.11. The number of hydrogen-bond donors (Lipinski definition) is 1. The largest absolute Gasteiger partial charge is 0.481 e. The molecule has 3 unspecified atom stereocenters. The van der Waals surface area contributed by atoms with E-state index in [0.29, 0.717) is 6.04 Å². The van der Waals surface area contributed by atoms with Crippen molar-refractivity contribution in [3.63, 3.8) is 0 Å². The molecule has 2 fully saturated rings. The molecule has 0 radical (unpaired) electrons. The lowest BCUT2D eigenvalue weighted by Crippen LogP contribution is -2.41. The number of carbonyl (C=O) groups is 1. The Balaban J connectivity index is 1.99. The lowest BCUT2D eigenvalue weighted by Gasteiger charge is -2.37. The predicted molar refractivity (Wildman–Crippen MR) is 81.8 cm³/mol. The van der Waals surface area contributed by atoms with Crippen LogP contribution < -0.4 is 0 Å². The van der Waals surface area contributed by atoms with Crippen LogP contribution in [0.25, 0.3) is 0 Å². The molecule has 0 spiro atoms. The van der Waals surface area contributed by atoms with Crippen molar-refractivity contribution in [2.45, 2.75) is 71.8 Å². The van der Waals surface area contributed by atoms with Gasteiger partial charge in [0.15, 0.2) is 0 Å². The average molecular weight is 281 g/mol. The van der Waals surface area contributed by atoms with Crippen molar-refractivity contribution in [2.75, 3.05) is 13.1 Å². The van der Waals surface area contributed by atoms with E-state index >= 15 is 0 Å². The molecule has 1 aliphatic heterocycles. The first kappa shape index (κ1) is 15.8. The summed E-state index contributed by atoms with van der Waals surface area (Å²) in [5.74, 6) is 1.03. The molecule has 3 atom stereocenters. The number of nitrogens with zero attached hydrogens (tertiary/aromatic N) is 1. The molecule has 2 rings (SSSR count). The quantitative estimate of drug-likeness (QED) is 0.833. The van der Waals surface area contributed by atoms with Crippen LogP contribution in [0, 0.1) is 17.3 Å². The first-order valence-corrected chi connectivity index (χ1v) is 8.46. The average Bonchev–Trinajstić information content (AvgIpc) is 2.85. The van der Waals surface area contributed by atoms with E-state index < -0.39 is 11.4 Å². The molecule has 1 saturated heterocycles. The van der Waals surface area contributed by atoms with Gasteiger partial charge in [-0.1, -0.05) is 40.0 Å². The zero-order valence-electron chi connectivity index (χ0n) is 13.4. The highest BCUT2D eigenvalue weighted by Crippen LogP contribution is 2.40. The van der Waals surface area contributed by atoms with Crippen LogP contribution >= 0.6 is 0 Å². The Hall–Kier alpha value is -0.570. The van der Waals surface area contributed by atoms with E-state index in [1.54, 1.807) is 0 Å². The van der Waals surface area contributed by atoms with Crippen molar-refractivity contribution in [3.8, 4) is 0 Å². The Bertz CT molecular complexity index is 342. The van der Waals surface area contributed by atoms with Crippen molar-refractivity contribution in [1.29, 1.82) is 0 Å². The van der Waals surface area contributed by atoms with Crippen molar-refractivity contribution in [3.05, 3.63) is 0 Å². The summed E-state index contributed by atoms with van der Waals surface area (Å²) in [5.41, 5.74) is -0.459. The summed E-state index contributed by atoms with van der Waals surface area (Å²) >= 11 is 0. The van der Waals surface area contributed by atoms with Gasteiger partial charge in [0.2, 0.25) is 0 Å². The van der Waals surface area contributed by atoms with Crippen LogP contribution in [0.1, 0.15) is 65.7 Å². The van der Waals surface area contributed by atoms with E-state index in [2.05, 4.69) is 25.7 Å². The summed E-state index contributed by atoms with van der Waals surface area (Å²) in [6.07, 6.45) is 7.88. The van der Waals surface area contributed by atoms with Gasteiger partial charge in [0.1, 0.15) is 0 Å². The van der Waals surface area contributed by atoms with Crippen molar-refractivity contribution in [1.82, 2.24) is 4.90 Å². The highest BCUT2D eigenvalue weighted by atomic mass is 16.4. The summed E-state index contributed by atoms with van der Waals surface area (Å²) in [4.78, 5) is 14.2. The third-order valence-electron chi connectivity index (χ3n) is 5.71. The second-order valence-electron chi connectivity index (χ2n) is 7.38. The topological polar surface area (TPSA) is 40.5 Å². The Morgan fingerprint density at radius 3 is 2.75 bits per heavy atom. The lowest BCUT2D eigenvalue weighted by atomic mass is 9.78.